The Labute approximate surface area is 77.8 Å². The number of hydrogen-bond donors (Lipinski definition) is 2. The largest absolute Gasteiger partial charge is 0.395 e. The van der Waals surface area contributed by atoms with Crippen molar-refractivity contribution in [2.45, 2.75) is 19.3 Å². The maximum Gasteiger partial charge on any atom is 0.0710 e. The van der Waals surface area contributed by atoms with Gasteiger partial charge in [0.15, 0.2) is 0 Å². The molecule has 0 aliphatic rings. The molecule has 0 aromatic carbocycles. The van der Waals surface area contributed by atoms with E-state index in [1.54, 1.807) is 12.4 Å². The molecule has 0 bridgehead atoms. The Morgan fingerprint density at radius 1 is 1.46 bits per heavy atom. The molecule has 0 aliphatic carbocycles. The third-order valence-electron chi connectivity index (χ3n) is 2.25. The topological polar surface area (TPSA) is 72.0 Å². The Kier molecular flexibility index (Phi) is 2.95. The lowest BCUT2D eigenvalue weighted by molar-refractivity contribution is 0.206. The van der Waals surface area contributed by atoms with Gasteiger partial charge in [-0.25, -0.2) is 0 Å². The molecule has 1 atom stereocenters. The first-order chi connectivity index (χ1) is 6.14. The molecule has 4 nitrogen and oxygen atoms in total. The fraction of sp³-hybridized carbons (Fsp3) is 0.556. The fourth-order valence-electron chi connectivity index (χ4n) is 1.24. The average molecular weight is 181 g/mol. The van der Waals surface area contributed by atoms with E-state index in [0.717, 1.165) is 11.4 Å². The van der Waals surface area contributed by atoms with Crippen molar-refractivity contribution in [3.63, 3.8) is 0 Å². The fourth-order valence-corrected chi connectivity index (χ4v) is 1.24. The normalized spacial score (nSPS) is 15.4. The number of aryl methyl sites for hydroxylation is 1. The molecule has 13 heavy (non-hydrogen) atoms. The van der Waals surface area contributed by atoms with Crippen molar-refractivity contribution in [3.8, 4) is 0 Å². The molecular formula is C9H15N3O. The van der Waals surface area contributed by atoms with Gasteiger partial charge in [0.25, 0.3) is 0 Å². The van der Waals surface area contributed by atoms with Gasteiger partial charge in [-0.15, -0.1) is 0 Å². The van der Waals surface area contributed by atoms with E-state index < -0.39 is 5.41 Å². The quantitative estimate of drug-likeness (QED) is 0.688. The predicted molar refractivity (Wildman–Crippen MR) is 50.3 cm³/mol. The lowest BCUT2D eigenvalue weighted by Crippen LogP contribution is -2.37. The van der Waals surface area contributed by atoms with Crippen molar-refractivity contribution >= 4 is 0 Å². The molecule has 4 heteroatoms. The summed E-state index contributed by atoms with van der Waals surface area (Å²) in [6.45, 7) is 4.10. The van der Waals surface area contributed by atoms with Crippen LogP contribution in [-0.4, -0.2) is 28.2 Å². The van der Waals surface area contributed by atoms with Crippen LogP contribution >= 0.6 is 0 Å². The third-order valence-corrected chi connectivity index (χ3v) is 2.25. The maximum atomic E-state index is 9.22. The number of hydrogen-bond acceptors (Lipinski definition) is 4. The maximum absolute atomic E-state index is 9.22. The van der Waals surface area contributed by atoms with Crippen LogP contribution in [-0.2, 0) is 5.41 Å². The van der Waals surface area contributed by atoms with E-state index in [4.69, 9.17) is 5.73 Å². The highest BCUT2D eigenvalue weighted by Gasteiger charge is 2.27. The SMILES string of the molecule is Cc1nccnc1C(C)(CN)CO. The summed E-state index contributed by atoms with van der Waals surface area (Å²) in [6.07, 6.45) is 3.25. The molecule has 1 unspecified atom stereocenters. The zero-order chi connectivity index (χ0) is 9.90. The minimum absolute atomic E-state index is 0.0109. The zero-order valence-electron chi connectivity index (χ0n) is 7.99. The van der Waals surface area contributed by atoms with E-state index in [1.807, 2.05) is 13.8 Å². The molecule has 0 saturated carbocycles. The second-order valence-electron chi connectivity index (χ2n) is 3.41. The van der Waals surface area contributed by atoms with Crippen LogP contribution in [0.15, 0.2) is 12.4 Å². The molecule has 1 aromatic heterocycles. The second-order valence-corrected chi connectivity index (χ2v) is 3.41. The molecule has 1 rings (SSSR count). The van der Waals surface area contributed by atoms with Gasteiger partial charge in [0.2, 0.25) is 0 Å². The van der Waals surface area contributed by atoms with Gasteiger partial charge in [-0.1, -0.05) is 6.92 Å². The predicted octanol–water partition coefficient (Wildman–Crippen LogP) is -0.00628. The number of aliphatic hydroxyl groups is 1. The van der Waals surface area contributed by atoms with Crippen LogP contribution in [0.1, 0.15) is 18.3 Å². The van der Waals surface area contributed by atoms with Crippen molar-refractivity contribution < 1.29 is 5.11 Å². The van der Waals surface area contributed by atoms with Gasteiger partial charge < -0.3 is 10.8 Å². The van der Waals surface area contributed by atoms with Crippen molar-refractivity contribution in [1.82, 2.24) is 9.97 Å². The molecule has 0 fully saturated rings. The van der Waals surface area contributed by atoms with E-state index in [9.17, 15) is 5.11 Å². The molecule has 72 valence electrons. The van der Waals surface area contributed by atoms with Gasteiger partial charge in [0, 0.05) is 24.4 Å². The monoisotopic (exact) mass is 181 g/mol. The van der Waals surface area contributed by atoms with Gasteiger partial charge >= 0.3 is 0 Å². The van der Waals surface area contributed by atoms with E-state index in [1.165, 1.54) is 0 Å². The molecule has 0 radical (unpaired) electrons. The van der Waals surface area contributed by atoms with E-state index in [0.29, 0.717) is 6.54 Å². The highest BCUT2D eigenvalue weighted by molar-refractivity contribution is 5.20. The first-order valence-electron chi connectivity index (χ1n) is 4.23. The van der Waals surface area contributed by atoms with Gasteiger partial charge in [-0.2, -0.15) is 0 Å². The molecule has 0 saturated heterocycles. The standard InChI is InChI=1S/C9H15N3O/c1-7-8(12-4-3-11-7)9(2,5-10)6-13/h3-4,13H,5-6,10H2,1-2H3. The summed E-state index contributed by atoms with van der Waals surface area (Å²) in [4.78, 5) is 8.30. The summed E-state index contributed by atoms with van der Waals surface area (Å²) in [6, 6.07) is 0. The first kappa shape index (κ1) is 10.1. The van der Waals surface area contributed by atoms with Crippen molar-refractivity contribution in [2.24, 2.45) is 5.73 Å². The van der Waals surface area contributed by atoms with E-state index in [-0.39, 0.29) is 6.61 Å². The minimum Gasteiger partial charge on any atom is -0.395 e. The van der Waals surface area contributed by atoms with Crippen LogP contribution in [0, 0.1) is 6.92 Å². The summed E-state index contributed by atoms with van der Waals surface area (Å²) in [5, 5.41) is 9.22. The highest BCUT2D eigenvalue weighted by atomic mass is 16.3. The molecule has 0 amide bonds. The number of aromatic nitrogens is 2. The summed E-state index contributed by atoms with van der Waals surface area (Å²) < 4.78 is 0. The Bertz CT molecular complexity index is 284. The summed E-state index contributed by atoms with van der Waals surface area (Å²) in [5.74, 6) is 0. The first-order valence-corrected chi connectivity index (χ1v) is 4.23. The van der Waals surface area contributed by atoms with Crippen LogP contribution in [0.3, 0.4) is 0 Å². The van der Waals surface area contributed by atoms with Gasteiger partial charge in [0.05, 0.1) is 18.0 Å². The number of nitrogens with two attached hydrogens (primary N) is 1. The van der Waals surface area contributed by atoms with E-state index in [2.05, 4.69) is 9.97 Å². The van der Waals surface area contributed by atoms with Crippen LogP contribution < -0.4 is 5.73 Å². The van der Waals surface area contributed by atoms with Gasteiger partial charge in [0.1, 0.15) is 0 Å². The highest BCUT2D eigenvalue weighted by Crippen LogP contribution is 2.21. The third kappa shape index (κ3) is 1.84. The molecular weight excluding hydrogens is 166 g/mol. The van der Waals surface area contributed by atoms with Crippen LogP contribution in [0.25, 0.3) is 0 Å². The van der Waals surface area contributed by atoms with Crippen LogP contribution in [0.2, 0.25) is 0 Å². The molecule has 0 spiro atoms. The number of nitrogens with zero attached hydrogens (tertiary/aromatic N) is 2. The Hall–Kier alpha value is -1.00. The average Bonchev–Trinajstić information content (AvgIpc) is 2.17. The van der Waals surface area contributed by atoms with E-state index >= 15 is 0 Å². The van der Waals surface area contributed by atoms with Gasteiger partial charge in [-0.05, 0) is 6.92 Å². The lowest BCUT2D eigenvalue weighted by Gasteiger charge is -2.25. The summed E-state index contributed by atoms with van der Waals surface area (Å²) >= 11 is 0. The van der Waals surface area contributed by atoms with Crippen molar-refractivity contribution in [2.75, 3.05) is 13.2 Å². The number of aliphatic hydroxyl groups excluding tert-OH is 1. The molecule has 1 heterocycles. The smallest absolute Gasteiger partial charge is 0.0710 e. The van der Waals surface area contributed by atoms with Crippen LogP contribution in [0.4, 0.5) is 0 Å². The zero-order valence-corrected chi connectivity index (χ0v) is 7.99. The second kappa shape index (κ2) is 3.81. The Morgan fingerprint density at radius 3 is 2.54 bits per heavy atom. The summed E-state index contributed by atoms with van der Waals surface area (Å²) in [5.41, 5.74) is 6.72. The minimum atomic E-state index is -0.474. The Balaban J connectivity index is 3.12. The molecule has 1 aromatic rings. The van der Waals surface area contributed by atoms with Crippen molar-refractivity contribution in [3.05, 3.63) is 23.8 Å². The molecule has 3 N–H and O–H groups in total. The number of rotatable bonds is 3. The summed E-state index contributed by atoms with van der Waals surface area (Å²) in [7, 11) is 0. The lowest BCUT2D eigenvalue weighted by atomic mass is 9.86. The van der Waals surface area contributed by atoms with Crippen molar-refractivity contribution in [1.29, 1.82) is 0 Å². The molecule has 0 aliphatic heterocycles. The Morgan fingerprint density at radius 2 is 2.08 bits per heavy atom. The van der Waals surface area contributed by atoms with Crippen LogP contribution in [0.5, 0.6) is 0 Å². The van der Waals surface area contributed by atoms with Gasteiger partial charge in [-0.3, -0.25) is 9.97 Å².